The lowest BCUT2D eigenvalue weighted by Gasteiger charge is -2.10. The number of benzene rings is 1. The van der Waals surface area contributed by atoms with Crippen LogP contribution in [0.4, 0.5) is 0 Å². The number of phenols is 1. The highest BCUT2D eigenvalue weighted by Crippen LogP contribution is 2.13. The summed E-state index contributed by atoms with van der Waals surface area (Å²) in [6.45, 7) is 1.16. The Morgan fingerprint density at radius 1 is 1.50 bits per heavy atom. The molecule has 1 fully saturated rings. The first kappa shape index (κ1) is 14.1. The largest absolute Gasteiger partial charge is 0.508 e. The second kappa shape index (κ2) is 6.73. The van der Waals surface area contributed by atoms with Crippen molar-refractivity contribution < 1.29 is 14.6 Å². The Kier molecular flexibility index (Phi) is 4.75. The van der Waals surface area contributed by atoms with Crippen molar-refractivity contribution in [2.24, 2.45) is 0 Å². The fourth-order valence-electron chi connectivity index (χ4n) is 1.99. The predicted octanol–water partition coefficient (Wildman–Crippen LogP) is 1.59. The summed E-state index contributed by atoms with van der Waals surface area (Å²) in [7, 11) is 0. The molecule has 1 aliphatic heterocycles. The van der Waals surface area contributed by atoms with Crippen LogP contribution >= 0.6 is 0 Å². The molecule has 0 aliphatic carbocycles. The van der Waals surface area contributed by atoms with Crippen LogP contribution in [-0.4, -0.2) is 30.3 Å². The summed E-state index contributed by atoms with van der Waals surface area (Å²) >= 11 is 0. The molecule has 1 heterocycles. The molecule has 0 bridgehead atoms. The second-order valence-corrected chi connectivity index (χ2v) is 4.61. The molecule has 0 spiro atoms. The minimum absolute atomic E-state index is 0.0358. The Balaban J connectivity index is 1.97. The molecule has 2 rings (SSSR count). The molecule has 0 aromatic heterocycles. The molecule has 5 heteroatoms. The number of aromatic hydroxyl groups is 1. The Bertz CT molecular complexity index is 537. The third-order valence-electron chi connectivity index (χ3n) is 3.08. The average Bonchev–Trinajstić information content (AvgIpc) is 2.97. The molecule has 1 aromatic carbocycles. The number of carbonyl (C=O) groups is 1. The van der Waals surface area contributed by atoms with Crippen LogP contribution in [-0.2, 0) is 9.53 Å². The number of rotatable bonds is 4. The molecule has 20 heavy (non-hydrogen) atoms. The van der Waals surface area contributed by atoms with E-state index in [1.54, 1.807) is 12.1 Å². The summed E-state index contributed by atoms with van der Waals surface area (Å²) in [6.07, 6.45) is 3.48. The Hall–Kier alpha value is -2.32. The molecule has 1 amide bonds. The first-order valence-electron chi connectivity index (χ1n) is 6.49. The molecule has 2 N–H and O–H groups in total. The van der Waals surface area contributed by atoms with Crippen molar-refractivity contribution in [1.29, 1.82) is 5.26 Å². The number of ether oxygens (including phenoxy) is 1. The molecular formula is C15H16N2O3. The normalized spacial score (nSPS) is 18.6. The van der Waals surface area contributed by atoms with Gasteiger partial charge in [-0.3, -0.25) is 4.79 Å². The van der Waals surface area contributed by atoms with Gasteiger partial charge < -0.3 is 15.2 Å². The zero-order valence-corrected chi connectivity index (χ0v) is 11.0. The summed E-state index contributed by atoms with van der Waals surface area (Å²) < 4.78 is 5.40. The van der Waals surface area contributed by atoms with E-state index in [1.165, 1.54) is 18.2 Å². The van der Waals surface area contributed by atoms with Crippen LogP contribution in [0.5, 0.6) is 5.75 Å². The number of hydrogen-bond acceptors (Lipinski definition) is 4. The number of phenolic OH excluding ortho intramolecular Hbond substituents is 1. The van der Waals surface area contributed by atoms with Crippen LogP contribution in [0.25, 0.3) is 6.08 Å². The van der Waals surface area contributed by atoms with Crippen LogP contribution in [0.3, 0.4) is 0 Å². The SMILES string of the molecule is N#C/C(=C/c1ccc(O)cc1)C(=O)NC[C@H]1CCCO1. The van der Waals surface area contributed by atoms with Crippen LogP contribution in [0.2, 0.25) is 0 Å². The summed E-state index contributed by atoms with van der Waals surface area (Å²) in [5, 5.41) is 20.9. The van der Waals surface area contributed by atoms with Gasteiger partial charge in [0.05, 0.1) is 6.10 Å². The van der Waals surface area contributed by atoms with Crippen LogP contribution in [0.15, 0.2) is 29.8 Å². The average molecular weight is 272 g/mol. The molecule has 1 aromatic rings. The van der Waals surface area contributed by atoms with E-state index in [9.17, 15) is 9.90 Å². The van der Waals surface area contributed by atoms with Gasteiger partial charge >= 0.3 is 0 Å². The molecule has 5 nitrogen and oxygen atoms in total. The fraction of sp³-hybridized carbons (Fsp3) is 0.333. The van der Waals surface area contributed by atoms with Crippen LogP contribution < -0.4 is 5.32 Å². The lowest BCUT2D eigenvalue weighted by Crippen LogP contribution is -2.32. The minimum atomic E-state index is -0.406. The highest BCUT2D eigenvalue weighted by atomic mass is 16.5. The first-order chi connectivity index (χ1) is 9.69. The highest BCUT2D eigenvalue weighted by Gasteiger charge is 2.17. The summed E-state index contributed by atoms with van der Waals surface area (Å²) in [6, 6.07) is 8.17. The Morgan fingerprint density at radius 3 is 2.85 bits per heavy atom. The number of amides is 1. The fourth-order valence-corrected chi connectivity index (χ4v) is 1.99. The first-order valence-corrected chi connectivity index (χ1v) is 6.49. The zero-order chi connectivity index (χ0) is 14.4. The predicted molar refractivity (Wildman–Crippen MR) is 73.7 cm³/mol. The minimum Gasteiger partial charge on any atom is -0.508 e. The summed E-state index contributed by atoms with van der Waals surface area (Å²) in [5.74, 6) is -0.264. The van der Waals surface area contributed by atoms with Crippen molar-refractivity contribution in [3.63, 3.8) is 0 Å². The van der Waals surface area contributed by atoms with Gasteiger partial charge in [0.2, 0.25) is 0 Å². The number of nitriles is 1. The maximum Gasteiger partial charge on any atom is 0.262 e. The van der Waals surface area contributed by atoms with Gasteiger partial charge in [0.1, 0.15) is 17.4 Å². The Morgan fingerprint density at radius 2 is 2.25 bits per heavy atom. The summed E-state index contributed by atoms with van der Waals surface area (Å²) in [5.41, 5.74) is 0.723. The zero-order valence-electron chi connectivity index (χ0n) is 11.0. The van der Waals surface area contributed by atoms with Crippen molar-refractivity contribution in [3.05, 3.63) is 35.4 Å². The van der Waals surface area contributed by atoms with Gasteiger partial charge in [-0.05, 0) is 36.6 Å². The van der Waals surface area contributed by atoms with E-state index in [0.717, 1.165) is 19.4 Å². The maximum absolute atomic E-state index is 11.9. The molecule has 0 radical (unpaired) electrons. The van der Waals surface area contributed by atoms with Gasteiger partial charge in [-0.25, -0.2) is 0 Å². The third kappa shape index (κ3) is 3.84. The van der Waals surface area contributed by atoms with Crippen molar-refractivity contribution in [1.82, 2.24) is 5.32 Å². The van der Waals surface area contributed by atoms with E-state index in [2.05, 4.69) is 5.32 Å². The van der Waals surface area contributed by atoms with Crippen molar-refractivity contribution in [2.75, 3.05) is 13.2 Å². The number of nitrogens with one attached hydrogen (secondary N) is 1. The van der Waals surface area contributed by atoms with E-state index >= 15 is 0 Å². The second-order valence-electron chi connectivity index (χ2n) is 4.61. The maximum atomic E-state index is 11.9. The van der Waals surface area contributed by atoms with E-state index < -0.39 is 5.91 Å². The molecule has 1 saturated heterocycles. The van der Waals surface area contributed by atoms with E-state index in [-0.39, 0.29) is 17.4 Å². The standard InChI is InChI=1S/C15H16N2O3/c16-9-12(8-11-3-5-13(18)6-4-11)15(19)17-10-14-2-1-7-20-14/h3-6,8,14,18H,1-2,7,10H2,(H,17,19)/b12-8-/t14-/m1/s1. The van der Waals surface area contributed by atoms with E-state index in [4.69, 9.17) is 10.00 Å². The van der Waals surface area contributed by atoms with Crippen molar-refractivity contribution in [2.45, 2.75) is 18.9 Å². The topological polar surface area (TPSA) is 82.3 Å². The number of carbonyl (C=O) groups excluding carboxylic acids is 1. The molecular weight excluding hydrogens is 256 g/mol. The monoisotopic (exact) mass is 272 g/mol. The molecule has 0 unspecified atom stereocenters. The van der Waals surface area contributed by atoms with Crippen molar-refractivity contribution in [3.8, 4) is 11.8 Å². The molecule has 104 valence electrons. The highest BCUT2D eigenvalue weighted by molar-refractivity contribution is 6.01. The summed E-state index contributed by atoms with van der Waals surface area (Å²) in [4.78, 5) is 11.9. The smallest absolute Gasteiger partial charge is 0.262 e. The van der Waals surface area contributed by atoms with Gasteiger partial charge in [-0.1, -0.05) is 12.1 Å². The van der Waals surface area contributed by atoms with Gasteiger partial charge in [0.15, 0.2) is 0 Å². The van der Waals surface area contributed by atoms with Gasteiger partial charge in [0, 0.05) is 13.2 Å². The number of hydrogen-bond donors (Lipinski definition) is 2. The third-order valence-corrected chi connectivity index (χ3v) is 3.08. The van der Waals surface area contributed by atoms with Crippen LogP contribution in [0.1, 0.15) is 18.4 Å². The lowest BCUT2D eigenvalue weighted by molar-refractivity contribution is -0.117. The van der Waals surface area contributed by atoms with Gasteiger partial charge in [0.25, 0.3) is 5.91 Å². The quantitative estimate of drug-likeness (QED) is 0.644. The van der Waals surface area contributed by atoms with E-state index in [0.29, 0.717) is 12.1 Å². The van der Waals surface area contributed by atoms with E-state index in [1.807, 2.05) is 6.07 Å². The van der Waals surface area contributed by atoms with Crippen LogP contribution in [0, 0.1) is 11.3 Å². The van der Waals surface area contributed by atoms with Gasteiger partial charge in [-0.15, -0.1) is 0 Å². The lowest BCUT2D eigenvalue weighted by atomic mass is 10.1. The molecule has 1 aliphatic rings. The molecule has 0 saturated carbocycles. The Labute approximate surface area is 117 Å². The van der Waals surface area contributed by atoms with Crippen molar-refractivity contribution >= 4 is 12.0 Å². The number of nitrogens with zero attached hydrogens (tertiary/aromatic N) is 1. The molecule has 1 atom stereocenters. The van der Waals surface area contributed by atoms with Gasteiger partial charge in [-0.2, -0.15) is 5.26 Å².